The maximum Gasteiger partial charge on any atom is 0.138 e. The Balaban J connectivity index is 2.97. The Morgan fingerprint density at radius 3 is 2.93 bits per heavy atom. The van der Waals surface area contributed by atoms with E-state index in [0.717, 1.165) is 22.2 Å². The van der Waals surface area contributed by atoms with E-state index in [2.05, 4.69) is 0 Å². The summed E-state index contributed by atoms with van der Waals surface area (Å²) in [6.07, 6.45) is 3.68. The van der Waals surface area contributed by atoms with Crippen LogP contribution in [0.15, 0.2) is 29.2 Å². The van der Waals surface area contributed by atoms with E-state index in [1.165, 1.54) is 0 Å². The van der Waals surface area contributed by atoms with Gasteiger partial charge in [0.25, 0.3) is 0 Å². The average molecular weight is 205 g/mol. The van der Waals surface area contributed by atoms with E-state index in [0.29, 0.717) is 12.2 Å². The maximum absolute atomic E-state index is 8.50. The van der Waals surface area contributed by atoms with Crippen LogP contribution in [0.2, 0.25) is 0 Å². The van der Waals surface area contributed by atoms with Gasteiger partial charge in [-0.2, -0.15) is 5.26 Å². The summed E-state index contributed by atoms with van der Waals surface area (Å²) in [5, 5.41) is 10.5. The quantitative estimate of drug-likeness (QED) is 0.448. The third kappa shape index (κ3) is 2.80. The van der Waals surface area contributed by atoms with Gasteiger partial charge >= 0.3 is 0 Å². The number of hydrogen-bond donors (Lipinski definition) is 2. The molecule has 4 heteroatoms. The topological polar surface area (TPSA) is 75.8 Å². The molecule has 14 heavy (non-hydrogen) atoms. The molecule has 0 aliphatic carbocycles. The van der Waals surface area contributed by atoms with Crippen LogP contribution in [-0.4, -0.2) is 6.54 Å². The van der Waals surface area contributed by atoms with Gasteiger partial charge in [0.05, 0.1) is 0 Å². The van der Waals surface area contributed by atoms with E-state index in [1.54, 1.807) is 6.07 Å². The lowest BCUT2D eigenvalue weighted by atomic mass is 10.1. The van der Waals surface area contributed by atoms with Crippen molar-refractivity contribution in [2.45, 2.75) is 4.90 Å². The second-order valence-electron chi connectivity index (χ2n) is 2.62. The summed E-state index contributed by atoms with van der Waals surface area (Å²) in [6.45, 7) is 0.481. The molecule has 0 atom stereocenters. The van der Waals surface area contributed by atoms with Gasteiger partial charge in [0.1, 0.15) is 5.40 Å². The SMILES string of the molecule is N#CSc1ccc(N)c(C=CCN)c1. The highest BCUT2D eigenvalue weighted by molar-refractivity contribution is 8.03. The van der Waals surface area contributed by atoms with Crippen LogP contribution >= 0.6 is 11.8 Å². The lowest BCUT2D eigenvalue weighted by Gasteiger charge is -2.01. The number of benzene rings is 1. The van der Waals surface area contributed by atoms with Crippen LogP contribution < -0.4 is 11.5 Å². The molecule has 0 amide bonds. The van der Waals surface area contributed by atoms with Gasteiger partial charge in [-0.3, -0.25) is 0 Å². The zero-order valence-electron chi connectivity index (χ0n) is 7.60. The summed E-state index contributed by atoms with van der Waals surface area (Å²) in [5.41, 5.74) is 12.7. The summed E-state index contributed by atoms with van der Waals surface area (Å²) in [5.74, 6) is 0. The number of nitrogens with zero attached hydrogens (tertiary/aromatic N) is 1. The van der Waals surface area contributed by atoms with Crippen molar-refractivity contribution in [3.63, 3.8) is 0 Å². The molecule has 1 rings (SSSR count). The van der Waals surface area contributed by atoms with Gasteiger partial charge in [-0.05, 0) is 35.5 Å². The van der Waals surface area contributed by atoms with Crippen LogP contribution in [0.1, 0.15) is 5.56 Å². The minimum Gasteiger partial charge on any atom is -0.398 e. The third-order valence-electron chi connectivity index (χ3n) is 1.66. The fourth-order valence-corrected chi connectivity index (χ4v) is 1.44. The Morgan fingerprint density at radius 2 is 2.29 bits per heavy atom. The Labute approximate surface area is 87.4 Å². The monoisotopic (exact) mass is 205 g/mol. The number of hydrogen-bond acceptors (Lipinski definition) is 4. The van der Waals surface area contributed by atoms with Crippen molar-refractivity contribution >= 4 is 23.5 Å². The number of rotatable bonds is 3. The van der Waals surface area contributed by atoms with Gasteiger partial charge in [-0.1, -0.05) is 12.2 Å². The summed E-state index contributed by atoms with van der Waals surface area (Å²) < 4.78 is 0. The molecule has 0 heterocycles. The van der Waals surface area contributed by atoms with Crippen molar-refractivity contribution in [2.24, 2.45) is 5.73 Å². The molecular formula is C10H11N3S. The van der Waals surface area contributed by atoms with Crippen LogP contribution in [0.3, 0.4) is 0 Å². The number of nitriles is 1. The van der Waals surface area contributed by atoms with E-state index >= 15 is 0 Å². The first-order valence-electron chi connectivity index (χ1n) is 4.10. The van der Waals surface area contributed by atoms with Crippen LogP contribution in [0.25, 0.3) is 6.08 Å². The molecule has 1 aromatic carbocycles. The number of nitrogens with two attached hydrogens (primary N) is 2. The Kier molecular flexibility index (Phi) is 4.05. The summed E-state index contributed by atoms with van der Waals surface area (Å²) in [7, 11) is 0. The zero-order chi connectivity index (χ0) is 10.4. The fraction of sp³-hybridized carbons (Fsp3) is 0.100. The maximum atomic E-state index is 8.50. The van der Waals surface area contributed by atoms with Crippen LogP contribution in [-0.2, 0) is 0 Å². The van der Waals surface area contributed by atoms with Crippen molar-refractivity contribution < 1.29 is 0 Å². The summed E-state index contributed by atoms with van der Waals surface area (Å²) >= 11 is 1.12. The molecule has 72 valence electrons. The Bertz CT molecular complexity index is 379. The molecule has 0 unspecified atom stereocenters. The van der Waals surface area contributed by atoms with Gasteiger partial charge in [0, 0.05) is 17.1 Å². The minimum atomic E-state index is 0.481. The average Bonchev–Trinajstić information content (AvgIpc) is 2.19. The van der Waals surface area contributed by atoms with Crippen molar-refractivity contribution in [3.8, 4) is 5.40 Å². The van der Waals surface area contributed by atoms with Gasteiger partial charge in [0.15, 0.2) is 0 Å². The standard InChI is InChI=1S/C10H11N3S/c11-5-1-2-8-6-9(14-7-12)3-4-10(8)13/h1-4,6H,5,11,13H2. The lowest BCUT2D eigenvalue weighted by Crippen LogP contribution is -1.93. The normalized spacial score (nSPS) is 10.3. The number of nitrogen functional groups attached to an aromatic ring is 1. The highest BCUT2D eigenvalue weighted by atomic mass is 32.2. The number of anilines is 1. The highest BCUT2D eigenvalue weighted by Gasteiger charge is 1.98. The summed E-state index contributed by atoms with van der Waals surface area (Å²) in [4.78, 5) is 0.887. The van der Waals surface area contributed by atoms with E-state index in [-0.39, 0.29) is 0 Å². The molecule has 1 aromatic rings. The largest absolute Gasteiger partial charge is 0.398 e. The van der Waals surface area contributed by atoms with Gasteiger partial charge in [-0.15, -0.1) is 0 Å². The van der Waals surface area contributed by atoms with Crippen LogP contribution in [0, 0.1) is 10.7 Å². The minimum absolute atomic E-state index is 0.481. The van der Waals surface area contributed by atoms with Crippen LogP contribution in [0.5, 0.6) is 0 Å². The van der Waals surface area contributed by atoms with Crippen molar-refractivity contribution in [2.75, 3.05) is 12.3 Å². The first-order valence-corrected chi connectivity index (χ1v) is 4.91. The fourth-order valence-electron chi connectivity index (χ4n) is 1.01. The highest BCUT2D eigenvalue weighted by Crippen LogP contribution is 2.22. The second-order valence-corrected chi connectivity index (χ2v) is 3.48. The molecule has 3 nitrogen and oxygen atoms in total. The van der Waals surface area contributed by atoms with E-state index in [9.17, 15) is 0 Å². The van der Waals surface area contributed by atoms with E-state index in [4.69, 9.17) is 16.7 Å². The third-order valence-corrected chi connectivity index (χ3v) is 2.24. The van der Waals surface area contributed by atoms with Gasteiger partial charge < -0.3 is 11.5 Å². The molecule has 0 aliphatic heterocycles. The van der Waals surface area contributed by atoms with Crippen molar-refractivity contribution in [3.05, 3.63) is 29.8 Å². The molecular weight excluding hydrogens is 194 g/mol. The smallest absolute Gasteiger partial charge is 0.138 e. The van der Waals surface area contributed by atoms with Gasteiger partial charge in [-0.25, -0.2) is 0 Å². The van der Waals surface area contributed by atoms with E-state index in [1.807, 2.05) is 29.7 Å². The van der Waals surface area contributed by atoms with Crippen molar-refractivity contribution in [1.29, 1.82) is 5.26 Å². The molecule has 0 bridgehead atoms. The predicted molar refractivity (Wildman–Crippen MR) is 60.4 cm³/mol. The molecule has 0 spiro atoms. The number of thiocyanates is 1. The van der Waals surface area contributed by atoms with Gasteiger partial charge in [0.2, 0.25) is 0 Å². The first kappa shape index (κ1) is 10.6. The van der Waals surface area contributed by atoms with Crippen LogP contribution in [0.4, 0.5) is 5.69 Å². The summed E-state index contributed by atoms with van der Waals surface area (Å²) in [6, 6.07) is 5.48. The second kappa shape index (κ2) is 5.32. The Hall–Kier alpha value is -1.44. The molecule has 0 fully saturated rings. The molecule has 0 aromatic heterocycles. The first-order chi connectivity index (χ1) is 6.77. The number of thioether (sulfide) groups is 1. The zero-order valence-corrected chi connectivity index (χ0v) is 8.42. The molecule has 0 saturated carbocycles. The molecule has 4 N–H and O–H groups in total. The molecule has 0 saturated heterocycles. The molecule has 0 radical (unpaired) electrons. The Morgan fingerprint density at radius 1 is 1.50 bits per heavy atom. The lowest BCUT2D eigenvalue weighted by molar-refractivity contribution is 1.26. The predicted octanol–water partition coefficient (Wildman–Crippen LogP) is 1.81. The van der Waals surface area contributed by atoms with E-state index < -0.39 is 0 Å². The van der Waals surface area contributed by atoms with Crippen molar-refractivity contribution in [1.82, 2.24) is 0 Å². The molecule has 0 aliphatic rings.